The number of thiazole rings is 1. The van der Waals surface area contributed by atoms with Gasteiger partial charge in [0.1, 0.15) is 0 Å². The molecule has 1 aromatic rings. The average Bonchev–Trinajstić information content (AvgIpc) is 3.21. The van der Waals surface area contributed by atoms with Gasteiger partial charge in [-0.3, -0.25) is 4.99 Å². The number of methoxy groups -OCH3 is 1. The summed E-state index contributed by atoms with van der Waals surface area (Å²) in [5, 5.41) is 6.81. The lowest BCUT2D eigenvalue weighted by molar-refractivity contribution is 0.0536. The van der Waals surface area contributed by atoms with Crippen LogP contribution in [0, 0.1) is 12.8 Å². The number of aryl methyl sites for hydroxylation is 2. The molecule has 0 aromatic carbocycles. The van der Waals surface area contributed by atoms with Gasteiger partial charge >= 0.3 is 0 Å². The van der Waals surface area contributed by atoms with E-state index in [0.717, 1.165) is 57.2 Å². The Morgan fingerprint density at radius 3 is 3.08 bits per heavy atom. The van der Waals surface area contributed by atoms with Crippen LogP contribution in [0.25, 0.3) is 0 Å². The Bertz CT molecular complexity index is 507. The number of aromatic nitrogens is 1. The van der Waals surface area contributed by atoms with Crippen molar-refractivity contribution < 1.29 is 9.47 Å². The van der Waals surface area contributed by atoms with E-state index in [1.807, 2.05) is 14.0 Å². The lowest BCUT2D eigenvalue weighted by Crippen LogP contribution is -2.40. The summed E-state index contributed by atoms with van der Waals surface area (Å²) in [5.74, 6) is 1.59. The maximum Gasteiger partial charge on any atom is 0.193 e. The van der Waals surface area contributed by atoms with Gasteiger partial charge in [0.2, 0.25) is 0 Å². The highest BCUT2D eigenvalue weighted by Crippen LogP contribution is 2.16. The Morgan fingerprint density at radius 2 is 2.38 bits per heavy atom. The molecular weight excluding hydrogens is 324 g/mol. The molecule has 6 nitrogen and oxygen atoms in total. The third-order valence-electron chi connectivity index (χ3n) is 4.10. The van der Waals surface area contributed by atoms with Gasteiger partial charge in [-0.1, -0.05) is 0 Å². The SMILES string of the molecule is CN=C(NCCCc1nc(C)cs1)N1CCC(COCCOC)C1. The van der Waals surface area contributed by atoms with Gasteiger partial charge in [-0.2, -0.15) is 0 Å². The van der Waals surface area contributed by atoms with Crippen LogP contribution in [0.4, 0.5) is 0 Å². The van der Waals surface area contributed by atoms with Gasteiger partial charge in [-0.25, -0.2) is 4.98 Å². The topological polar surface area (TPSA) is 59.0 Å². The molecule has 0 amide bonds. The van der Waals surface area contributed by atoms with Gasteiger partial charge in [-0.15, -0.1) is 11.3 Å². The molecule has 0 saturated carbocycles. The highest BCUT2D eigenvalue weighted by molar-refractivity contribution is 7.09. The second kappa shape index (κ2) is 10.6. The van der Waals surface area contributed by atoms with Crippen molar-refractivity contribution in [2.45, 2.75) is 26.2 Å². The molecule has 1 aromatic heterocycles. The first-order chi connectivity index (χ1) is 11.7. The van der Waals surface area contributed by atoms with E-state index in [4.69, 9.17) is 9.47 Å². The molecule has 0 bridgehead atoms. The van der Waals surface area contributed by atoms with Crippen LogP contribution < -0.4 is 5.32 Å². The zero-order valence-electron chi connectivity index (χ0n) is 15.1. The van der Waals surface area contributed by atoms with Crippen LogP contribution in [-0.2, 0) is 15.9 Å². The molecule has 1 aliphatic rings. The fourth-order valence-electron chi connectivity index (χ4n) is 2.84. The molecule has 1 saturated heterocycles. The Morgan fingerprint density at radius 1 is 1.50 bits per heavy atom. The van der Waals surface area contributed by atoms with Crippen LogP contribution in [0.1, 0.15) is 23.5 Å². The van der Waals surface area contributed by atoms with Gasteiger partial charge in [0.05, 0.1) is 24.8 Å². The second-order valence-electron chi connectivity index (χ2n) is 6.13. The van der Waals surface area contributed by atoms with Gasteiger partial charge in [0.15, 0.2) is 5.96 Å². The van der Waals surface area contributed by atoms with Crippen LogP contribution in [0.5, 0.6) is 0 Å². The number of hydrogen-bond donors (Lipinski definition) is 1. The minimum absolute atomic E-state index is 0.582. The number of hydrogen-bond acceptors (Lipinski definition) is 5. The van der Waals surface area contributed by atoms with Crippen molar-refractivity contribution in [2.75, 3.05) is 53.6 Å². The smallest absolute Gasteiger partial charge is 0.193 e. The van der Waals surface area contributed by atoms with Crippen LogP contribution in [0.15, 0.2) is 10.4 Å². The molecule has 1 fully saturated rings. The summed E-state index contributed by atoms with van der Waals surface area (Å²) in [4.78, 5) is 11.3. The van der Waals surface area contributed by atoms with E-state index in [-0.39, 0.29) is 0 Å². The van der Waals surface area contributed by atoms with E-state index in [1.165, 1.54) is 5.01 Å². The van der Waals surface area contributed by atoms with Crippen molar-refractivity contribution in [1.82, 2.24) is 15.2 Å². The fraction of sp³-hybridized carbons (Fsp3) is 0.765. The molecule has 1 atom stereocenters. The Balaban J connectivity index is 1.63. The number of likely N-dealkylation sites (tertiary alicyclic amines) is 1. The molecular formula is C17H30N4O2S. The predicted octanol–water partition coefficient (Wildman–Crippen LogP) is 1.94. The lowest BCUT2D eigenvalue weighted by Gasteiger charge is -2.21. The summed E-state index contributed by atoms with van der Waals surface area (Å²) < 4.78 is 10.7. The minimum atomic E-state index is 0.582. The summed E-state index contributed by atoms with van der Waals surface area (Å²) in [5.41, 5.74) is 1.12. The Hall–Kier alpha value is -1.18. The molecule has 7 heteroatoms. The van der Waals surface area contributed by atoms with E-state index in [9.17, 15) is 0 Å². The Kier molecular flexibility index (Phi) is 8.49. The van der Waals surface area contributed by atoms with Gasteiger partial charge in [0.25, 0.3) is 0 Å². The third-order valence-corrected chi connectivity index (χ3v) is 5.13. The summed E-state index contributed by atoms with van der Waals surface area (Å²) in [6.45, 7) is 7.18. The lowest BCUT2D eigenvalue weighted by atomic mass is 10.1. The maximum atomic E-state index is 5.65. The monoisotopic (exact) mass is 354 g/mol. The molecule has 0 aliphatic carbocycles. The molecule has 1 unspecified atom stereocenters. The summed E-state index contributed by atoms with van der Waals surface area (Å²) >= 11 is 1.75. The van der Waals surface area contributed by atoms with Gasteiger partial charge < -0.3 is 19.7 Å². The first-order valence-corrected chi connectivity index (χ1v) is 9.54. The number of aliphatic imine (C=N–C) groups is 1. The molecule has 0 spiro atoms. The summed E-state index contributed by atoms with van der Waals surface area (Å²) in [6.07, 6.45) is 3.26. The largest absolute Gasteiger partial charge is 0.382 e. The van der Waals surface area contributed by atoms with Crippen LogP contribution in [-0.4, -0.2) is 69.5 Å². The van der Waals surface area contributed by atoms with Crippen LogP contribution >= 0.6 is 11.3 Å². The molecule has 0 radical (unpaired) electrons. The van der Waals surface area contributed by atoms with Crippen molar-refractivity contribution in [3.63, 3.8) is 0 Å². The van der Waals surface area contributed by atoms with Crippen LogP contribution in [0.3, 0.4) is 0 Å². The number of nitrogens with zero attached hydrogens (tertiary/aromatic N) is 3. The quantitative estimate of drug-likeness (QED) is 0.417. The molecule has 2 heterocycles. The van der Waals surface area contributed by atoms with E-state index in [1.54, 1.807) is 18.4 Å². The molecule has 1 N–H and O–H groups in total. The molecule has 1 aliphatic heterocycles. The van der Waals surface area contributed by atoms with Crippen molar-refractivity contribution in [3.05, 3.63) is 16.1 Å². The number of guanidine groups is 1. The van der Waals surface area contributed by atoms with Crippen molar-refractivity contribution in [2.24, 2.45) is 10.9 Å². The first kappa shape index (κ1) is 19.1. The first-order valence-electron chi connectivity index (χ1n) is 8.66. The normalized spacial score (nSPS) is 18.4. The fourth-order valence-corrected chi connectivity index (χ4v) is 3.66. The van der Waals surface area contributed by atoms with Crippen molar-refractivity contribution >= 4 is 17.3 Å². The predicted molar refractivity (Wildman–Crippen MR) is 98.9 cm³/mol. The maximum absolute atomic E-state index is 5.65. The van der Waals surface area contributed by atoms with Crippen LogP contribution in [0.2, 0.25) is 0 Å². The number of nitrogens with one attached hydrogen (secondary N) is 1. The number of rotatable bonds is 9. The van der Waals surface area contributed by atoms with E-state index >= 15 is 0 Å². The van der Waals surface area contributed by atoms with E-state index in [0.29, 0.717) is 19.1 Å². The average molecular weight is 355 g/mol. The molecule has 24 heavy (non-hydrogen) atoms. The molecule has 136 valence electrons. The number of ether oxygens (including phenoxy) is 2. The van der Waals surface area contributed by atoms with Crippen molar-refractivity contribution in [1.29, 1.82) is 0 Å². The summed E-state index contributed by atoms with van der Waals surface area (Å²) in [7, 11) is 3.56. The van der Waals surface area contributed by atoms with Gasteiger partial charge in [-0.05, 0) is 19.8 Å². The van der Waals surface area contributed by atoms with Crippen molar-refractivity contribution in [3.8, 4) is 0 Å². The van der Waals surface area contributed by atoms with E-state index in [2.05, 4.69) is 25.6 Å². The zero-order valence-corrected chi connectivity index (χ0v) is 15.9. The van der Waals surface area contributed by atoms with Gasteiger partial charge in [0, 0.05) is 57.2 Å². The minimum Gasteiger partial charge on any atom is -0.382 e. The molecule has 2 rings (SSSR count). The van der Waals surface area contributed by atoms with E-state index < -0.39 is 0 Å². The Labute approximate surface area is 149 Å². The third kappa shape index (κ3) is 6.37. The highest BCUT2D eigenvalue weighted by Gasteiger charge is 2.24. The second-order valence-corrected chi connectivity index (χ2v) is 7.07. The summed E-state index contributed by atoms with van der Waals surface area (Å²) in [6, 6.07) is 0. The standard InChI is InChI=1S/C17H30N4O2S/c1-14-13-24-16(20-14)5-4-7-19-17(18-2)21-8-6-15(11-21)12-23-10-9-22-3/h13,15H,4-12H2,1-3H3,(H,18,19). The zero-order chi connectivity index (χ0) is 17.2. The highest BCUT2D eigenvalue weighted by atomic mass is 32.1.